The minimum absolute atomic E-state index is 0.209. The fourth-order valence-corrected chi connectivity index (χ4v) is 2.26. The summed E-state index contributed by atoms with van der Waals surface area (Å²) in [5, 5.41) is 0.697. The molecule has 0 saturated heterocycles. The van der Waals surface area contributed by atoms with Crippen molar-refractivity contribution >= 4 is 27.2 Å². The van der Waals surface area contributed by atoms with E-state index < -0.39 is 0 Å². The van der Waals surface area contributed by atoms with Crippen molar-refractivity contribution in [1.29, 1.82) is 0 Å². The van der Waals surface area contributed by atoms with Gasteiger partial charge in [0.05, 0.1) is 10.2 Å². The van der Waals surface area contributed by atoms with Gasteiger partial charge in [-0.25, -0.2) is 4.98 Å². The molecule has 0 aliphatic rings. The van der Waals surface area contributed by atoms with Crippen LogP contribution in [0, 0.1) is 0 Å². The zero-order chi connectivity index (χ0) is 11.1. The molecule has 0 amide bonds. The lowest BCUT2D eigenvalue weighted by Gasteiger charge is -2.18. The SMILES string of the molecule is CC(C)(C)Oc1nc2ccc(N)cc2s1. The number of anilines is 1. The summed E-state index contributed by atoms with van der Waals surface area (Å²) in [7, 11) is 0. The number of nitrogens with zero attached hydrogens (tertiary/aromatic N) is 1. The summed E-state index contributed by atoms with van der Waals surface area (Å²) in [6.45, 7) is 6.02. The Morgan fingerprint density at radius 1 is 1.33 bits per heavy atom. The lowest BCUT2D eigenvalue weighted by molar-refractivity contribution is 0.130. The molecule has 0 spiro atoms. The number of benzene rings is 1. The maximum absolute atomic E-state index is 5.70. The van der Waals surface area contributed by atoms with Crippen LogP contribution < -0.4 is 10.5 Å². The lowest BCUT2D eigenvalue weighted by Crippen LogP contribution is -2.22. The van der Waals surface area contributed by atoms with Gasteiger partial charge in [-0.3, -0.25) is 0 Å². The van der Waals surface area contributed by atoms with Crippen LogP contribution in [0.1, 0.15) is 20.8 Å². The molecule has 80 valence electrons. The topological polar surface area (TPSA) is 48.1 Å². The van der Waals surface area contributed by atoms with Crippen molar-refractivity contribution < 1.29 is 4.74 Å². The van der Waals surface area contributed by atoms with Gasteiger partial charge in [0.2, 0.25) is 0 Å². The van der Waals surface area contributed by atoms with E-state index in [1.54, 1.807) is 0 Å². The fourth-order valence-electron chi connectivity index (χ4n) is 1.23. The van der Waals surface area contributed by atoms with E-state index in [9.17, 15) is 0 Å². The summed E-state index contributed by atoms with van der Waals surface area (Å²) in [6, 6.07) is 5.68. The van der Waals surface area contributed by atoms with Crippen LogP contribution in [0.15, 0.2) is 18.2 Å². The van der Waals surface area contributed by atoms with Crippen molar-refractivity contribution in [2.24, 2.45) is 0 Å². The largest absolute Gasteiger partial charge is 0.464 e. The Morgan fingerprint density at radius 2 is 2.07 bits per heavy atom. The van der Waals surface area contributed by atoms with Crippen molar-refractivity contribution in [2.75, 3.05) is 5.73 Å². The van der Waals surface area contributed by atoms with Crippen molar-refractivity contribution in [1.82, 2.24) is 4.98 Å². The molecule has 0 radical (unpaired) electrons. The van der Waals surface area contributed by atoms with Gasteiger partial charge < -0.3 is 10.5 Å². The number of aromatic nitrogens is 1. The molecule has 1 aromatic carbocycles. The maximum Gasteiger partial charge on any atom is 0.274 e. The molecule has 15 heavy (non-hydrogen) atoms. The van der Waals surface area contributed by atoms with E-state index in [0.29, 0.717) is 5.19 Å². The minimum Gasteiger partial charge on any atom is -0.464 e. The molecule has 2 N–H and O–H groups in total. The number of rotatable bonds is 1. The van der Waals surface area contributed by atoms with Gasteiger partial charge in [-0.1, -0.05) is 11.3 Å². The van der Waals surface area contributed by atoms with E-state index in [4.69, 9.17) is 10.5 Å². The number of ether oxygens (including phenoxy) is 1. The molecule has 0 fully saturated rings. The molecular weight excluding hydrogens is 208 g/mol. The highest BCUT2D eigenvalue weighted by Gasteiger charge is 2.14. The lowest BCUT2D eigenvalue weighted by atomic mass is 10.2. The monoisotopic (exact) mass is 222 g/mol. The van der Waals surface area contributed by atoms with E-state index in [-0.39, 0.29) is 5.60 Å². The third-order valence-electron chi connectivity index (χ3n) is 1.79. The number of nitrogen functional groups attached to an aromatic ring is 1. The molecule has 0 atom stereocenters. The standard InChI is InChI=1S/C11H14N2OS/c1-11(2,3)14-10-13-8-5-4-7(12)6-9(8)15-10/h4-6H,12H2,1-3H3. The van der Waals surface area contributed by atoms with Crippen LogP contribution >= 0.6 is 11.3 Å². The quantitative estimate of drug-likeness (QED) is 0.754. The first-order valence-corrected chi connectivity index (χ1v) is 5.61. The number of fused-ring (bicyclic) bond motifs is 1. The predicted molar refractivity (Wildman–Crippen MR) is 64.4 cm³/mol. The van der Waals surface area contributed by atoms with Gasteiger partial charge in [-0.05, 0) is 39.0 Å². The molecule has 0 aliphatic carbocycles. The first-order chi connectivity index (χ1) is 6.94. The molecule has 0 saturated carbocycles. The van der Waals surface area contributed by atoms with Crippen molar-refractivity contribution in [3.63, 3.8) is 0 Å². The highest BCUT2D eigenvalue weighted by atomic mass is 32.1. The van der Waals surface area contributed by atoms with E-state index in [1.165, 1.54) is 11.3 Å². The Hall–Kier alpha value is -1.29. The molecule has 0 aliphatic heterocycles. The summed E-state index contributed by atoms with van der Waals surface area (Å²) in [5.74, 6) is 0. The highest BCUT2D eigenvalue weighted by Crippen LogP contribution is 2.31. The maximum atomic E-state index is 5.70. The first kappa shape index (κ1) is 10.2. The predicted octanol–water partition coefficient (Wildman–Crippen LogP) is 3.06. The third kappa shape index (κ3) is 2.39. The fraction of sp³-hybridized carbons (Fsp3) is 0.364. The van der Waals surface area contributed by atoms with Crippen LogP contribution in [0.5, 0.6) is 5.19 Å². The first-order valence-electron chi connectivity index (χ1n) is 4.79. The third-order valence-corrected chi connectivity index (χ3v) is 2.68. The molecule has 2 aromatic rings. The minimum atomic E-state index is -0.209. The van der Waals surface area contributed by atoms with Crippen LogP contribution in [-0.2, 0) is 0 Å². The number of thiazole rings is 1. The van der Waals surface area contributed by atoms with Gasteiger partial charge in [-0.2, -0.15) is 0 Å². The van der Waals surface area contributed by atoms with Gasteiger partial charge in [-0.15, -0.1) is 0 Å². The van der Waals surface area contributed by atoms with Crippen molar-refractivity contribution in [3.8, 4) is 5.19 Å². The van der Waals surface area contributed by atoms with Crippen LogP contribution in [0.25, 0.3) is 10.2 Å². The Balaban J connectivity index is 2.39. The van der Waals surface area contributed by atoms with Gasteiger partial charge >= 0.3 is 0 Å². The van der Waals surface area contributed by atoms with Crippen LogP contribution in [0.4, 0.5) is 5.69 Å². The zero-order valence-electron chi connectivity index (χ0n) is 9.07. The van der Waals surface area contributed by atoms with E-state index in [0.717, 1.165) is 15.9 Å². The summed E-state index contributed by atoms with van der Waals surface area (Å²) in [4.78, 5) is 4.38. The summed E-state index contributed by atoms with van der Waals surface area (Å²) < 4.78 is 6.76. The zero-order valence-corrected chi connectivity index (χ0v) is 9.89. The molecule has 2 rings (SSSR count). The second-order valence-corrected chi connectivity index (χ2v) is 5.41. The van der Waals surface area contributed by atoms with E-state index in [2.05, 4.69) is 4.98 Å². The van der Waals surface area contributed by atoms with Crippen molar-refractivity contribution in [3.05, 3.63) is 18.2 Å². The number of hydrogen-bond acceptors (Lipinski definition) is 4. The summed E-state index contributed by atoms with van der Waals surface area (Å²) >= 11 is 1.52. The molecule has 3 nitrogen and oxygen atoms in total. The Bertz CT molecular complexity index is 485. The molecule has 0 unspecified atom stereocenters. The van der Waals surface area contributed by atoms with Gasteiger partial charge in [0.25, 0.3) is 5.19 Å². The smallest absolute Gasteiger partial charge is 0.274 e. The molecule has 1 heterocycles. The molecule has 4 heteroatoms. The van der Waals surface area contributed by atoms with Crippen LogP contribution in [0.2, 0.25) is 0 Å². The van der Waals surface area contributed by atoms with Gasteiger partial charge in [0.15, 0.2) is 0 Å². The second-order valence-electron chi connectivity index (χ2n) is 4.42. The normalized spacial score (nSPS) is 11.9. The van der Waals surface area contributed by atoms with Crippen LogP contribution in [0.3, 0.4) is 0 Å². The van der Waals surface area contributed by atoms with E-state index in [1.807, 2.05) is 39.0 Å². The number of hydrogen-bond donors (Lipinski definition) is 1. The van der Waals surface area contributed by atoms with Gasteiger partial charge in [0.1, 0.15) is 5.60 Å². The summed E-state index contributed by atoms with van der Waals surface area (Å²) in [6.07, 6.45) is 0. The second kappa shape index (κ2) is 3.38. The van der Waals surface area contributed by atoms with Crippen molar-refractivity contribution in [2.45, 2.75) is 26.4 Å². The Kier molecular flexibility index (Phi) is 2.31. The average molecular weight is 222 g/mol. The average Bonchev–Trinajstić information content (AvgIpc) is 2.42. The molecule has 1 aromatic heterocycles. The Labute approximate surface area is 92.9 Å². The Morgan fingerprint density at radius 3 is 2.73 bits per heavy atom. The summed E-state index contributed by atoms with van der Waals surface area (Å²) in [5.41, 5.74) is 7.19. The van der Waals surface area contributed by atoms with Crippen LogP contribution in [-0.4, -0.2) is 10.6 Å². The molecule has 0 bridgehead atoms. The van der Waals surface area contributed by atoms with E-state index >= 15 is 0 Å². The molecular formula is C11H14N2OS. The highest BCUT2D eigenvalue weighted by molar-refractivity contribution is 7.20. The number of nitrogens with two attached hydrogens (primary N) is 1. The van der Waals surface area contributed by atoms with Gasteiger partial charge in [0, 0.05) is 5.69 Å².